The molecule has 0 aliphatic heterocycles. The smallest absolute Gasteiger partial charge is 0.289 e. The van der Waals surface area contributed by atoms with Gasteiger partial charge in [-0.2, -0.15) is 0 Å². The largest absolute Gasteiger partial charge is 0.377 e. The lowest BCUT2D eigenvalue weighted by Gasteiger charge is -2.15. The van der Waals surface area contributed by atoms with Gasteiger partial charge in [-0.05, 0) is 49.8 Å². The van der Waals surface area contributed by atoms with E-state index in [9.17, 15) is 23.2 Å². The van der Waals surface area contributed by atoms with E-state index in [0.29, 0.717) is 22.0 Å². The molecule has 1 spiro atoms. The second kappa shape index (κ2) is 9.77. The minimum Gasteiger partial charge on any atom is -0.377 e. The Balaban J connectivity index is 0.000000501. The molecule has 1 aromatic rings. The van der Waals surface area contributed by atoms with E-state index in [1.165, 1.54) is 14.0 Å². The second-order valence-electron chi connectivity index (χ2n) is 8.06. The zero-order chi connectivity index (χ0) is 23.4. The number of carbonyl (C=O) groups excluding carboxylic acids is 3. The van der Waals surface area contributed by atoms with Crippen molar-refractivity contribution < 1.29 is 23.2 Å². The molecule has 0 bridgehead atoms. The van der Waals surface area contributed by atoms with Crippen molar-refractivity contribution in [1.82, 2.24) is 10.6 Å². The van der Waals surface area contributed by atoms with Crippen molar-refractivity contribution in [2.75, 3.05) is 18.9 Å². The van der Waals surface area contributed by atoms with E-state index in [0.717, 1.165) is 26.2 Å². The van der Waals surface area contributed by atoms with Crippen molar-refractivity contribution >= 4 is 40.6 Å². The number of likely N-dealkylation sites (N-methyl/N-ethyl adjacent to an activating group) is 1. The van der Waals surface area contributed by atoms with Crippen LogP contribution in [0.2, 0.25) is 5.02 Å². The standard InChI is InChI=1S/C18H20ClN3O3.C4H8F2/c1-10(21-9-15(23)17(25)20-2)12-7-11(19)3-4-14(12)22-16(24)13-8-18(13)5-6-18;1-3-4(2,5)6/h3-4,7,13,21H,1,5-6,8-9H2,2H3,(H,20,25)(H,22,24);3H2,1-2H3. The molecular weight excluding hydrogens is 428 g/mol. The summed E-state index contributed by atoms with van der Waals surface area (Å²) in [4.78, 5) is 35.3. The van der Waals surface area contributed by atoms with Gasteiger partial charge in [-0.1, -0.05) is 25.1 Å². The Labute approximate surface area is 185 Å². The molecule has 2 saturated carbocycles. The van der Waals surface area contributed by atoms with Gasteiger partial charge in [-0.25, -0.2) is 8.78 Å². The number of rotatable bonds is 8. The zero-order valence-corrected chi connectivity index (χ0v) is 18.7. The van der Waals surface area contributed by atoms with E-state index < -0.39 is 17.6 Å². The number of nitrogens with one attached hydrogen (secondary N) is 3. The Morgan fingerprint density at radius 3 is 2.39 bits per heavy atom. The van der Waals surface area contributed by atoms with Crippen LogP contribution in [-0.4, -0.2) is 37.1 Å². The number of amides is 2. The molecule has 2 amide bonds. The van der Waals surface area contributed by atoms with E-state index in [4.69, 9.17) is 11.6 Å². The lowest BCUT2D eigenvalue weighted by molar-refractivity contribution is -0.136. The number of alkyl halides is 2. The fourth-order valence-electron chi connectivity index (χ4n) is 3.03. The Morgan fingerprint density at radius 1 is 1.29 bits per heavy atom. The molecule has 0 aromatic heterocycles. The molecule has 1 aromatic carbocycles. The van der Waals surface area contributed by atoms with Gasteiger partial charge >= 0.3 is 0 Å². The van der Waals surface area contributed by atoms with Crippen LogP contribution in [-0.2, 0) is 14.4 Å². The minimum absolute atomic E-state index is 0.00955. The lowest BCUT2D eigenvalue weighted by Crippen LogP contribution is -2.34. The number of Topliss-reactive ketones (excluding diaryl/α,β-unsaturated/α-hetero) is 1. The fraction of sp³-hybridized carbons (Fsp3) is 0.500. The molecule has 6 nitrogen and oxygen atoms in total. The first-order chi connectivity index (χ1) is 14.4. The minimum atomic E-state index is -2.46. The van der Waals surface area contributed by atoms with Gasteiger partial charge in [0.2, 0.25) is 17.6 Å². The number of ketones is 1. The highest BCUT2D eigenvalue weighted by molar-refractivity contribution is 6.37. The van der Waals surface area contributed by atoms with Crippen LogP contribution in [0, 0.1) is 11.3 Å². The predicted molar refractivity (Wildman–Crippen MR) is 117 cm³/mol. The number of hydrogen-bond donors (Lipinski definition) is 3. The Morgan fingerprint density at radius 2 is 1.90 bits per heavy atom. The molecule has 0 heterocycles. The average Bonchev–Trinajstić information content (AvgIpc) is 3.65. The number of halogens is 3. The molecular formula is C22H28ClF2N3O3. The van der Waals surface area contributed by atoms with Gasteiger partial charge in [0, 0.05) is 35.7 Å². The first-order valence-corrected chi connectivity index (χ1v) is 10.5. The van der Waals surface area contributed by atoms with Gasteiger partial charge in [-0.15, -0.1) is 0 Å². The van der Waals surface area contributed by atoms with Crippen LogP contribution < -0.4 is 16.0 Å². The number of benzene rings is 1. The summed E-state index contributed by atoms with van der Waals surface area (Å²) in [5.41, 5.74) is 1.86. The third-order valence-electron chi connectivity index (χ3n) is 5.53. The molecule has 2 aliphatic rings. The maximum Gasteiger partial charge on any atom is 0.289 e. The first kappa shape index (κ1) is 24.8. The van der Waals surface area contributed by atoms with Crippen molar-refractivity contribution in [2.24, 2.45) is 11.3 Å². The van der Waals surface area contributed by atoms with E-state index in [2.05, 4.69) is 22.5 Å². The number of anilines is 1. The summed E-state index contributed by atoms with van der Waals surface area (Å²) in [5.74, 6) is -3.64. The number of hydrogen-bond acceptors (Lipinski definition) is 4. The normalized spacial score (nSPS) is 17.7. The lowest BCUT2D eigenvalue weighted by atomic mass is 10.1. The summed E-state index contributed by atoms with van der Waals surface area (Å²) in [6, 6.07) is 5.06. The van der Waals surface area contributed by atoms with Crippen molar-refractivity contribution in [2.45, 2.75) is 45.5 Å². The highest BCUT2D eigenvalue weighted by Crippen LogP contribution is 2.70. The Hall–Kier alpha value is -2.48. The molecule has 9 heteroatoms. The zero-order valence-electron chi connectivity index (χ0n) is 17.9. The Kier molecular flexibility index (Phi) is 7.81. The summed E-state index contributed by atoms with van der Waals surface area (Å²) >= 11 is 6.05. The SMILES string of the molecule is C=C(NCC(=O)C(=O)NC)c1cc(Cl)ccc1NC(=O)C1CC12CC2.CCC(C)(F)F. The molecule has 0 radical (unpaired) electrons. The summed E-state index contributed by atoms with van der Waals surface area (Å²) in [5, 5.41) is 8.51. The topological polar surface area (TPSA) is 87.3 Å². The van der Waals surface area contributed by atoms with Crippen LogP contribution >= 0.6 is 11.6 Å². The molecule has 3 rings (SSSR count). The van der Waals surface area contributed by atoms with Crippen LogP contribution in [0.3, 0.4) is 0 Å². The van der Waals surface area contributed by atoms with Crippen LogP contribution in [0.25, 0.3) is 5.70 Å². The predicted octanol–water partition coefficient (Wildman–Crippen LogP) is 4.01. The highest BCUT2D eigenvalue weighted by atomic mass is 35.5. The molecule has 1 unspecified atom stereocenters. The van der Waals surface area contributed by atoms with E-state index >= 15 is 0 Å². The quantitative estimate of drug-likeness (QED) is 0.517. The van der Waals surface area contributed by atoms with Gasteiger partial charge in [0.25, 0.3) is 5.91 Å². The molecule has 2 aliphatic carbocycles. The van der Waals surface area contributed by atoms with Crippen molar-refractivity contribution in [3.8, 4) is 0 Å². The number of carbonyl (C=O) groups is 3. The Bertz CT molecular complexity index is 879. The first-order valence-electron chi connectivity index (χ1n) is 10.1. The summed E-state index contributed by atoms with van der Waals surface area (Å²) < 4.78 is 22.9. The fourth-order valence-corrected chi connectivity index (χ4v) is 3.20. The maximum absolute atomic E-state index is 12.4. The van der Waals surface area contributed by atoms with E-state index in [1.54, 1.807) is 18.2 Å². The molecule has 0 saturated heterocycles. The van der Waals surface area contributed by atoms with Gasteiger partial charge in [0.15, 0.2) is 0 Å². The molecule has 170 valence electrons. The monoisotopic (exact) mass is 455 g/mol. The third-order valence-corrected chi connectivity index (χ3v) is 5.76. The maximum atomic E-state index is 12.4. The van der Waals surface area contributed by atoms with E-state index in [-0.39, 0.29) is 30.2 Å². The summed E-state index contributed by atoms with van der Waals surface area (Å²) in [7, 11) is 1.39. The van der Waals surface area contributed by atoms with Crippen molar-refractivity contribution in [3.63, 3.8) is 0 Å². The second-order valence-corrected chi connectivity index (χ2v) is 8.49. The van der Waals surface area contributed by atoms with Gasteiger partial charge in [0.05, 0.1) is 12.2 Å². The van der Waals surface area contributed by atoms with E-state index in [1.807, 2.05) is 0 Å². The molecule has 3 N–H and O–H groups in total. The van der Waals surface area contributed by atoms with Crippen LogP contribution in [0.4, 0.5) is 14.5 Å². The van der Waals surface area contributed by atoms with Crippen LogP contribution in [0.1, 0.15) is 45.1 Å². The average molecular weight is 456 g/mol. The van der Waals surface area contributed by atoms with Gasteiger partial charge in [0.1, 0.15) is 0 Å². The molecule has 2 fully saturated rings. The third kappa shape index (κ3) is 7.02. The summed E-state index contributed by atoms with van der Waals surface area (Å²) in [6.45, 7) is 6.07. The molecule has 31 heavy (non-hydrogen) atoms. The van der Waals surface area contributed by atoms with Crippen molar-refractivity contribution in [1.29, 1.82) is 0 Å². The van der Waals surface area contributed by atoms with Crippen molar-refractivity contribution in [3.05, 3.63) is 35.4 Å². The van der Waals surface area contributed by atoms with Gasteiger partial charge < -0.3 is 16.0 Å². The summed E-state index contributed by atoms with van der Waals surface area (Å²) in [6.07, 6.45) is 3.16. The van der Waals surface area contributed by atoms with Gasteiger partial charge in [-0.3, -0.25) is 14.4 Å². The molecule has 1 atom stereocenters. The van der Waals surface area contributed by atoms with Crippen LogP contribution in [0.5, 0.6) is 0 Å². The van der Waals surface area contributed by atoms with Crippen LogP contribution in [0.15, 0.2) is 24.8 Å². The highest BCUT2D eigenvalue weighted by Gasteiger charge is 2.65.